The first-order chi connectivity index (χ1) is 9.60. The summed E-state index contributed by atoms with van der Waals surface area (Å²) in [6, 6.07) is 10.6. The summed E-state index contributed by atoms with van der Waals surface area (Å²) < 4.78 is 4.74. The fraction of sp³-hybridized carbons (Fsp3) is 0. The third kappa shape index (κ3) is 2.91. The van der Waals surface area contributed by atoms with E-state index < -0.39 is 16.7 Å². The Morgan fingerprint density at radius 1 is 1.25 bits per heavy atom. The maximum Gasteiger partial charge on any atom is 0.433 e. The quantitative estimate of drug-likeness (QED) is 0.646. The highest BCUT2D eigenvalue weighted by atomic mass is 16.6. The Kier molecular flexibility index (Phi) is 3.63. The third-order valence-electron chi connectivity index (χ3n) is 2.33. The summed E-state index contributed by atoms with van der Waals surface area (Å²) in [4.78, 5) is 21.3. The van der Waals surface area contributed by atoms with Crippen molar-refractivity contribution < 1.29 is 14.1 Å². The van der Waals surface area contributed by atoms with Crippen LogP contribution in [0.25, 0.3) is 0 Å². The Labute approximate surface area is 112 Å². The summed E-state index contributed by atoms with van der Waals surface area (Å²) in [6.45, 7) is 0. The fourth-order valence-corrected chi connectivity index (χ4v) is 1.37. The van der Waals surface area contributed by atoms with Crippen LogP contribution in [0.2, 0.25) is 0 Å². The average molecular weight is 272 g/mol. The Balaban J connectivity index is 1.97. The molecule has 1 aromatic heterocycles. The van der Waals surface area contributed by atoms with E-state index in [1.807, 2.05) is 6.07 Å². The number of nitro groups is 1. The number of carbonyl (C=O) groups excluding carboxylic acids is 1. The molecule has 1 amide bonds. The summed E-state index contributed by atoms with van der Waals surface area (Å²) in [5, 5.41) is 19.0. The number of hydrogen-bond acceptors (Lipinski definition) is 6. The first-order valence-electron chi connectivity index (χ1n) is 5.41. The van der Waals surface area contributed by atoms with E-state index in [0.717, 1.165) is 6.07 Å². The lowest BCUT2D eigenvalue weighted by atomic mass is 10.2. The van der Waals surface area contributed by atoms with Crippen molar-refractivity contribution >= 4 is 17.5 Å². The van der Waals surface area contributed by atoms with E-state index in [1.165, 1.54) is 6.07 Å². The van der Waals surface area contributed by atoms with Crippen LogP contribution in [-0.2, 0) is 0 Å². The van der Waals surface area contributed by atoms with Gasteiger partial charge in [-0.1, -0.05) is 0 Å². The highest BCUT2D eigenvalue weighted by Crippen LogP contribution is 2.15. The van der Waals surface area contributed by atoms with Crippen LogP contribution in [0.5, 0.6) is 0 Å². The number of benzene rings is 1. The van der Waals surface area contributed by atoms with Gasteiger partial charge in [-0.15, -0.1) is 0 Å². The summed E-state index contributed by atoms with van der Waals surface area (Å²) in [7, 11) is 0. The first-order valence-corrected chi connectivity index (χ1v) is 5.41. The number of furan rings is 1. The molecule has 2 rings (SSSR count). The van der Waals surface area contributed by atoms with Gasteiger partial charge in [0.15, 0.2) is 0 Å². The number of rotatable bonds is 4. The highest BCUT2D eigenvalue weighted by molar-refractivity contribution is 5.92. The van der Waals surface area contributed by atoms with Crippen molar-refractivity contribution in [2.45, 2.75) is 0 Å². The zero-order valence-corrected chi connectivity index (χ0v) is 9.99. The monoisotopic (exact) mass is 272 g/mol. The van der Waals surface area contributed by atoms with Crippen LogP contribution in [0.4, 0.5) is 11.6 Å². The Morgan fingerprint density at radius 2 is 1.95 bits per heavy atom. The van der Waals surface area contributed by atoms with Gasteiger partial charge in [-0.25, -0.2) is 0 Å². The SMILES string of the molecule is N#Cc1ccc(NNC(=O)c2ccc([N+](=O)[O-])o2)cc1. The van der Waals surface area contributed by atoms with Gasteiger partial charge in [-0.3, -0.25) is 25.8 Å². The van der Waals surface area contributed by atoms with Crippen molar-refractivity contribution in [3.8, 4) is 6.07 Å². The van der Waals surface area contributed by atoms with Crippen molar-refractivity contribution in [2.75, 3.05) is 5.43 Å². The van der Waals surface area contributed by atoms with Gasteiger partial charge in [0.05, 0.1) is 23.4 Å². The molecule has 2 N–H and O–H groups in total. The van der Waals surface area contributed by atoms with Crippen LogP contribution in [0.15, 0.2) is 40.8 Å². The van der Waals surface area contributed by atoms with Crippen molar-refractivity contribution in [1.82, 2.24) is 5.43 Å². The minimum atomic E-state index is -0.731. The van der Waals surface area contributed by atoms with Gasteiger partial charge in [-0.05, 0) is 30.3 Å². The molecule has 0 unspecified atom stereocenters. The van der Waals surface area contributed by atoms with Gasteiger partial charge in [0.25, 0.3) is 0 Å². The van der Waals surface area contributed by atoms with E-state index in [9.17, 15) is 14.9 Å². The first kappa shape index (κ1) is 13.1. The highest BCUT2D eigenvalue weighted by Gasteiger charge is 2.16. The molecule has 1 heterocycles. The molecule has 1 aromatic carbocycles. The summed E-state index contributed by atoms with van der Waals surface area (Å²) in [5.41, 5.74) is 5.95. The van der Waals surface area contributed by atoms with Crippen LogP contribution in [-0.4, -0.2) is 10.8 Å². The summed E-state index contributed by atoms with van der Waals surface area (Å²) in [6.07, 6.45) is 0. The standard InChI is InChI=1S/C12H8N4O4/c13-7-8-1-3-9(4-2-8)14-15-12(17)10-5-6-11(20-10)16(18)19/h1-6,14H,(H,15,17). The molecule has 0 aliphatic heterocycles. The Bertz CT molecular complexity index is 684. The average Bonchev–Trinajstić information content (AvgIpc) is 2.95. The van der Waals surface area contributed by atoms with Crippen LogP contribution >= 0.6 is 0 Å². The third-order valence-corrected chi connectivity index (χ3v) is 2.33. The molecule has 0 atom stereocenters. The van der Waals surface area contributed by atoms with E-state index in [-0.39, 0.29) is 5.76 Å². The number of hydrazine groups is 1. The van der Waals surface area contributed by atoms with E-state index in [4.69, 9.17) is 9.68 Å². The second kappa shape index (κ2) is 5.53. The normalized spacial score (nSPS) is 9.55. The van der Waals surface area contributed by atoms with Crippen LogP contribution in [0, 0.1) is 21.4 Å². The lowest BCUT2D eigenvalue weighted by molar-refractivity contribution is -0.402. The molecular formula is C12H8N4O4. The van der Waals surface area contributed by atoms with Crippen molar-refractivity contribution in [3.63, 3.8) is 0 Å². The van der Waals surface area contributed by atoms with Gasteiger partial charge in [0.1, 0.15) is 4.92 Å². The Morgan fingerprint density at radius 3 is 2.50 bits per heavy atom. The molecule has 8 nitrogen and oxygen atoms in total. The second-order valence-electron chi connectivity index (χ2n) is 3.66. The number of amides is 1. The van der Waals surface area contributed by atoms with E-state index in [2.05, 4.69) is 10.9 Å². The van der Waals surface area contributed by atoms with Crippen LogP contribution < -0.4 is 10.9 Å². The molecule has 2 aromatic rings. The molecule has 0 saturated carbocycles. The van der Waals surface area contributed by atoms with E-state index in [1.54, 1.807) is 24.3 Å². The molecule has 0 bridgehead atoms. The zero-order chi connectivity index (χ0) is 14.5. The topological polar surface area (TPSA) is 121 Å². The predicted molar refractivity (Wildman–Crippen MR) is 67.6 cm³/mol. The van der Waals surface area contributed by atoms with Crippen LogP contribution in [0.1, 0.15) is 16.1 Å². The summed E-state index contributed by atoms with van der Waals surface area (Å²) >= 11 is 0. The zero-order valence-electron chi connectivity index (χ0n) is 9.99. The number of anilines is 1. The van der Waals surface area contributed by atoms with E-state index >= 15 is 0 Å². The maximum atomic E-state index is 11.6. The molecular weight excluding hydrogens is 264 g/mol. The van der Waals surface area contributed by atoms with Crippen molar-refractivity contribution in [1.29, 1.82) is 5.26 Å². The molecule has 0 saturated heterocycles. The van der Waals surface area contributed by atoms with Crippen molar-refractivity contribution in [2.24, 2.45) is 0 Å². The number of nitrogens with zero attached hydrogens (tertiary/aromatic N) is 2. The minimum absolute atomic E-state index is 0.183. The van der Waals surface area contributed by atoms with Crippen LogP contribution in [0.3, 0.4) is 0 Å². The van der Waals surface area contributed by atoms with Gasteiger partial charge >= 0.3 is 11.8 Å². The minimum Gasteiger partial charge on any atom is -0.395 e. The molecule has 0 fully saturated rings. The largest absolute Gasteiger partial charge is 0.433 e. The number of carbonyl (C=O) groups is 1. The molecule has 0 spiro atoms. The number of hydrogen-bond donors (Lipinski definition) is 2. The fourth-order valence-electron chi connectivity index (χ4n) is 1.37. The van der Waals surface area contributed by atoms with Gasteiger partial charge < -0.3 is 4.42 Å². The van der Waals surface area contributed by atoms with Gasteiger partial charge in [0, 0.05) is 0 Å². The molecule has 100 valence electrons. The molecule has 8 heteroatoms. The van der Waals surface area contributed by atoms with Crippen molar-refractivity contribution in [3.05, 3.63) is 57.8 Å². The molecule has 20 heavy (non-hydrogen) atoms. The molecule has 0 radical (unpaired) electrons. The summed E-state index contributed by atoms with van der Waals surface area (Å²) in [5.74, 6) is -1.34. The second-order valence-corrected chi connectivity index (χ2v) is 3.66. The molecule has 0 aliphatic rings. The molecule has 0 aliphatic carbocycles. The maximum absolute atomic E-state index is 11.6. The number of nitriles is 1. The lowest BCUT2D eigenvalue weighted by Gasteiger charge is -2.06. The Hall–Kier alpha value is -3.34. The van der Waals surface area contributed by atoms with Gasteiger partial charge in [-0.2, -0.15) is 5.26 Å². The lowest BCUT2D eigenvalue weighted by Crippen LogP contribution is -2.28. The smallest absolute Gasteiger partial charge is 0.395 e. The predicted octanol–water partition coefficient (Wildman–Crippen LogP) is 1.82. The van der Waals surface area contributed by atoms with Gasteiger partial charge in [0.2, 0.25) is 5.76 Å². The van der Waals surface area contributed by atoms with E-state index in [0.29, 0.717) is 11.3 Å². The number of nitrogens with one attached hydrogen (secondary N) is 2.